The van der Waals surface area contributed by atoms with Crippen molar-refractivity contribution in [1.29, 1.82) is 0 Å². The predicted octanol–water partition coefficient (Wildman–Crippen LogP) is 3.83. The van der Waals surface area contributed by atoms with E-state index in [4.69, 9.17) is 5.11 Å². The van der Waals surface area contributed by atoms with E-state index in [9.17, 15) is 9.59 Å². The molecule has 136 valence electrons. The molecule has 0 unspecified atom stereocenters. The second-order valence-corrected chi connectivity index (χ2v) is 5.78. The Morgan fingerprint density at radius 1 is 1.00 bits per heavy atom. The Balaban J connectivity index is 0.00000243. The number of halogens is 1. The molecule has 1 heterocycles. The SMILES string of the molecule is Cl.O=C(O)Nc1ccccc1NC(=O)c1ccc(C=C2CCNC2)cc1. The lowest BCUT2D eigenvalue weighted by molar-refractivity contribution is 0.102. The molecule has 4 N–H and O–H groups in total. The van der Waals surface area contributed by atoms with Crippen molar-refractivity contribution in [2.24, 2.45) is 0 Å². The Labute approximate surface area is 157 Å². The average Bonchev–Trinajstić information content (AvgIpc) is 3.10. The molecule has 2 amide bonds. The van der Waals surface area contributed by atoms with Crippen molar-refractivity contribution in [3.63, 3.8) is 0 Å². The lowest BCUT2D eigenvalue weighted by Crippen LogP contribution is -2.15. The van der Waals surface area contributed by atoms with Crippen LogP contribution in [0.2, 0.25) is 0 Å². The minimum Gasteiger partial charge on any atom is -0.465 e. The fourth-order valence-corrected chi connectivity index (χ4v) is 2.69. The lowest BCUT2D eigenvalue weighted by Gasteiger charge is -2.10. The zero-order valence-corrected chi connectivity index (χ0v) is 14.8. The molecular weight excluding hydrogens is 354 g/mol. The molecule has 0 radical (unpaired) electrons. The van der Waals surface area contributed by atoms with Gasteiger partial charge in [0.25, 0.3) is 5.91 Å². The summed E-state index contributed by atoms with van der Waals surface area (Å²) in [5.41, 5.74) is 3.67. The molecule has 0 saturated carbocycles. The van der Waals surface area contributed by atoms with Crippen LogP contribution in [-0.2, 0) is 0 Å². The van der Waals surface area contributed by atoms with E-state index < -0.39 is 6.09 Å². The van der Waals surface area contributed by atoms with E-state index in [0.717, 1.165) is 25.1 Å². The van der Waals surface area contributed by atoms with Crippen molar-refractivity contribution >= 4 is 41.9 Å². The summed E-state index contributed by atoms with van der Waals surface area (Å²) in [6.07, 6.45) is 2.00. The van der Waals surface area contributed by atoms with E-state index in [1.807, 2.05) is 12.1 Å². The Morgan fingerprint density at radius 2 is 1.65 bits per heavy atom. The molecule has 6 nitrogen and oxygen atoms in total. The van der Waals surface area contributed by atoms with Gasteiger partial charge in [-0.15, -0.1) is 12.4 Å². The second kappa shape index (κ2) is 9.03. The molecule has 26 heavy (non-hydrogen) atoms. The number of para-hydroxylation sites is 2. The number of hydrogen-bond donors (Lipinski definition) is 4. The van der Waals surface area contributed by atoms with E-state index >= 15 is 0 Å². The largest absolute Gasteiger partial charge is 0.465 e. The Kier molecular flexibility index (Phi) is 6.77. The standard InChI is InChI=1S/C19H19N3O3.ClH/c23-18(21-16-3-1-2-4-17(16)22-19(24)25)15-7-5-13(6-8-15)11-14-9-10-20-12-14;/h1-8,11,20,22H,9-10,12H2,(H,21,23)(H,24,25);1H. The van der Waals surface area contributed by atoms with Gasteiger partial charge in [-0.1, -0.05) is 35.9 Å². The van der Waals surface area contributed by atoms with Crippen LogP contribution in [0.3, 0.4) is 0 Å². The number of hydrogen-bond acceptors (Lipinski definition) is 3. The second-order valence-electron chi connectivity index (χ2n) is 5.78. The van der Waals surface area contributed by atoms with E-state index in [1.165, 1.54) is 5.57 Å². The van der Waals surface area contributed by atoms with Crippen molar-refractivity contribution < 1.29 is 14.7 Å². The van der Waals surface area contributed by atoms with Gasteiger partial charge >= 0.3 is 6.09 Å². The molecule has 1 aliphatic rings. The molecule has 7 heteroatoms. The van der Waals surface area contributed by atoms with E-state index in [0.29, 0.717) is 16.9 Å². The summed E-state index contributed by atoms with van der Waals surface area (Å²) in [6.45, 7) is 1.92. The average molecular weight is 374 g/mol. The molecule has 2 aromatic carbocycles. The minimum absolute atomic E-state index is 0. The van der Waals surface area contributed by atoms with Gasteiger partial charge in [-0.05, 0) is 42.8 Å². The minimum atomic E-state index is -1.18. The molecule has 0 atom stereocenters. The highest BCUT2D eigenvalue weighted by molar-refractivity contribution is 6.06. The fourth-order valence-electron chi connectivity index (χ4n) is 2.69. The predicted molar refractivity (Wildman–Crippen MR) is 105 cm³/mol. The Hall–Kier alpha value is -2.83. The van der Waals surface area contributed by atoms with Gasteiger partial charge < -0.3 is 15.7 Å². The molecule has 3 rings (SSSR count). The van der Waals surface area contributed by atoms with Crippen molar-refractivity contribution in [2.75, 3.05) is 23.7 Å². The van der Waals surface area contributed by atoms with Crippen LogP contribution >= 0.6 is 12.4 Å². The number of rotatable bonds is 4. The number of carbonyl (C=O) groups excluding carboxylic acids is 1. The first-order chi connectivity index (χ1) is 12.1. The van der Waals surface area contributed by atoms with Gasteiger partial charge in [0.15, 0.2) is 0 Å². The van der Waals surface area contributed by atoms with E-state index in [-0.39, 0.29) is 18.3 Å². The van der Waals surface area contributed by atoms with Crippen LogP contribution in [0.25, 0.3) is 6.08 Å². The van der Waals surface area contributed by atoms with Gasteiger partial charge in [-0.25, -0.2) is 4.79 Å². The summed E-state index contributed by atoms with van der Waals surface area (Å²) in [4.78, 5) is 23.2. The lowest BCUT2D eigenvalue weighted by atomic mass is 10.1. The van der Waals surface area contributed by atoms with Gasteiger partial charge in [-0.2, -0.15) is 0 Å². The van der Waals surface area contributed by atoms with Gasteiger partial charge in [0.2, 0.25) is 0 Å². The third kappa shape index (κ3) is 5.08. The van der Waals surface area contributed by atoms with Crippen molar-refractivity contribution in [1.82, 2.24) is 5.32 Å². The number of nitrogens with one attached hydrogen (secondary N) is 3. The topological polar surface area (TPSA) is 90.5 Å². The molecule has 2 aromatic rings. The van der Waals surface area contributed by atoms with Crippen LogP contribution in [0.1, 0.15) is 22.3 Å². The van der Waals surface area contributed by atoms with Crippen LogP contribution < -0.4 is 16.0 Å². The first kappa shape index (κ1) is 19.5. The maximum absolute atomic E-state index is 12.4. The third-order valence-corrected chi connectivity index (χ3v) is 3.94. The number of benzene rings is 2. The number of carboxylic acid groups (broad SMARTS) is 1. The fraction of sp³-hybridized carbons (Fsp3) is 0.158. The highest BCUT2D eigenvalue weighted by atomic mass is 35.5. The van der Waals surface area contributed by atoms with Crippen molar-refractivity contribution in [3.05, 3.63) is 65.2 Å². The molecular formula is C19H20ClN3O3. The molecule has 0 spiro atoms. The van der Waals surface area contributed by atoms with Gasteiger partial charge in [0.1, 0.15) is 0 Å². The zero-order chi connectivity index (χ0) is 17.6. The summed E-state index contributed by atoms with van der Waals surface area (Å²) < 4.78 is 0. The smallest absolute Gasteiger partial charge is 0.409 e. The van der Waals surface area contributed by atoms with Crippen LogP contribution in [0.15, 0.2) is 54.1 Å². The Bertz CT molecular complexity index is 811. The summed E-state index contributed by atoms with van der Waals surface area (Å²) >= 11 is 0. The van der Waals surface area contributed by atoms with Crippen LogP contribution in [-0.4, -0.2) is 30.2 Å². The summed E-state index contributed by atoms with van der Waals surface area (Å²) in [7, 11) is 0. The summed E-state index contributed by atoms with van der Waals surface area (Å²) in [5, 5.41) is 17.1. The van der Waals surface area contributed by atoms with Gasteiger partial charge in [0, 0.05) is 12.1 Å². The maximum atomic E-state index is 12.4. The molecule has 1 saturated heterocycles. The van der Waals surface area contributed by atoms with Crippen LogP contribution in [0.4, 0.5) is 16.2 Å². The molecule has 0 bridgehead atoms. The molecule has 1 aliphatic heterocycles. The number of carbonyl (C=O) groups is 2. The van der Waals surface area contributed by atoms with Gasteiger partial charge in [0.05, 0.1) is 11.4 Å². The monoisotopic (exact) mass is 373 g/mol. The van der Waals surface area contributed by atoms with Crippen LogP contribution in [0.5, 0.6) is 0 Å². The number of anilines is 2. The van der Waals surface area contributed by atoms with Crippen LogP contribution in [0, 0.1) is 0 Å². The Morgan fingerprint density at radius 3 is 2.23 bits per heavy atom. The zero-order valence-electron chi connectivity index (χ0n) is 14.0. The van der Waals surface area contributed by atoms with Crippen molar-refractivity contribution in [3.8, 4) is 0 Å². The maximum Gasteiger partial charge on any atom is 0.409 e. The molecule has 0 aliphatic carbocycles. The third-order valence-electron chi connectivity index (χ3n) is 3.94. The molecule has 1 fully saturated rings. The highest BCUT2D eigenvalue weighted by Crippen LogP contribution is 2.22. The van der Waals surface area contributed by atoms with E-state index in [1.54, 1.807) is 36.4 Å². The quantitative estimate of drug-likeness (QED) is 0.655. The first-order valence-electron chi connectivity index (χ1n) is 8.02. The van der Waals surface area contributed by atoms with Gasteiger partial charge in [-0.3, -0.25) is 10.1 Å². The highest BCUT2D eigenvalue weighted by Gasteiger charge is 2.10. The van der Waals surface area contributed by atoms with E-state index in [2.05, 4.69) is 22.0 Å². The number of amides is 2. The normalized spacial score (nSPS) is 14.5. The molecule has 0 aromatic heterocycles. The summed E-state index contributed by atoms with van der Waals surface area (Å²) in [5.74, 6) is -0.290. The summed E-state index contributed by atoms with van der Waals surface area (Å²) in [6, 6.07) is 14.0. The van der Waals surface area contributed by atoms with Crippen molar-refractivity contribution in [2.45, 2.75) is 6.42 Å². The first-order valence-corrected chi connectivity index (χ1v) is 8.02.